The minimum Gasteiger partial charge on any atom is -0.220 e. The highest BCUT2D eigenvalue weighted by Gasteiger charge is 2.66. The molecule has 0 aromatic rings. The van der Waals surface area contributed by atoms with Gasteiger partial charge in [-0.05, 0) is 6.92 Å². The van der Waals surface area contributed by atoms with Crippen LogP contribution in [0.4, 0.5) is 22.0 Å². The van der Waals surface area contributed by atoms with Crippen LogP contribution in [0.2, 0.25) is 0 Å². The summed E-state index contributed by atoms with van der Waals surface area (Å²) in [5, 5.41) is -3.73. The molecule has 0 saturated heterocycles. The first-order valence-corrected chi connectivity index (χ1v) is 3.57. The van der Waals surface area contributed by atoms with E-state index in [1.165, 1.54) is 0 Å². The molecular formula is C6H8ClF5. The smallest absolute Gasteiger partial charge is 0.220 e. The molecule has 0 spiro atoms. The van der Waals surface area contributed by atoms with Crippen LogP contribution in [0, 0.1) is 0 Å². The molecule has 12 heavy (non-hydrogen) atoms. The Bertz CT molecular complexity index is 160. The Morgan fingerprint density at radius 1 is 1.08 bits per heavy atom. The number of alkyl halides is 6. The molecule has 0 fully saturated rings. The van der Waals surface area contributed by atoms with Crippen molar-refractivity contribution in [1.82, 2.24) is 0 Å². The molecule has 0 heterocycles. The fourth-order valence-corrected chi connectivity index (χ4v) is 0.681. The molecule has 0 radical (unpaired) electrons. The van der Waals surface area contributed by atoms with Crippen molar-refractivity contribution in [2.45, 2.75) is 37.2 Å². The summed E-state index contributed by atoms with van der Waals surface area (Å²) in [6.45, 7) is 1.04. The van der Waals surface area contributed by atoms with Crippen LogP contribution in [0.3, 0.4) is 0 Å². The summed E-state index contributed by atoms with van der Waals surface area (Å²) in [6.07, 6.45) is -1.16. The van der Waals surface area contributed by atoms with Crippen LogP contribution >= 0.6 is 11.6 Å². The summed E-state index contributed by atoms with van der Waals surface area (Å²) >= 11 is 4.49. The zero-order chi connectivity index (χ0) is 10.2. The normalized spacial score (nSPS) is 19.0. The minimum atomic E-state index is -4.85. The van der Waals surface area contributed by atoms with Gasteiger partial charge in [0.05, 0.1) is 0 Å². The first kappa shape index (κ1) is 11.9. The lowest BCUT2D eigenvalue weighted by molar-refractivity contribution is -0.247. The van der Waals surface area contributed by atoms with Crippen molar-refractivity contribution in [3.63, 3.8) is 0 Å². The monoisotopic (exact) mass is 210 g/mol. The van der Waals surface area contributed by atoms with E-state index in [9.17, 15) is 22.0 Å². The molecular weight excluding hydrogens is 203 g/mol. The Labute approximate surface area is 71.7 Å². The number of rotatable bonds is 3. The van der Waals surface area contributed by atoms with Gasteiger partial charge in [0.15, 0.2) is 0 Å². The third-order valence-corrected chi connectivity index (χ3v) is 1.69. The maximum absolute atomic E-state index is 12.5. The zero-order valence-electron chi connectivity index (χ0n) is 6.47. The van der Waals surface area contributed by atoms with Gasteiger partial charge in [0.1, 0.15) is 0 Å². The van der Waals surface area contributed by atoms with Crippen LogP contribution in [-0.2, 0) is 0 Å². The van der Waals surface area contributed by atoms with Gasteiger partial charge in [-0.25, -0.2) is 4.39 Å². The van der Waals surface area contributed by atoms with E-state index in [1.54, 1.807) is 0 Å². The highest BCUT2D eigenvalue weighted by atomic mass is 35.5. The van der Waals surface area contributed by atoms with Crippen LogP contribution in [0.5, 0.6) is 0 Å². The molecule has 1 unspecified atom stereocenters. The van der Waals surface area contributed by atoms with E-state index in [4.69, 9.17) is 0 Å². The van der Waals surface area contributed by atoms with Gasteiger partial charge in [0.2, 0.25) is 5.13 Å². The third-order valence-electron chi connectivity index (χ3n) is 1.45. The maximum atomic E-state index is 12.5. The van der Waals surface area contributed by atoms with Crippen LogP contribution in [0.15, 0.2) is 0 Å². The largest absolute Gasteiger partial charge is 0.356 e. The van der Waals surface area contributed by atoms with E-state index in [1.807, 2.05) is 0 Å². The topological polar surface area (TPSA) is 0 Å². The standard InChI is InChI=1S/C6H8ClF5/c1-3-5(9,10)6(11,12)4(2,7)8/h3H2,1-2H3. The molecule has 0 bridgehead atoms. The lowest BCUT2D eigenvalue weighted by Crippen LogP contribution is -2.51. The van der Waals surface area contributed by atoms with Crippen LogP contribution < -0.4 is 0 Å². The van der Waals surface area contributed by atoms with Crippen molar-refractivity contribution in [3.8, 4) is 0 Å². The summed E-state index contributed by atoms with van der Waals surface area (Å²) in [6, 6.07) is 0. The van der Waals surface area contributed by atoms with Gasteiger partial charge in [-0.1, -0.05) is 18.5 Å². The Morgan fingerprint density at radius 3 is 1.50 bits per heavy atom. The second kappa shape index (κ2) is 3.01. The van der Waals surface area contributed by atoms with Gasteiger partial charge in [0, 0.05) is 6.42 Å². The highest BCUT2D eigenvalue weighted by molar-refractivity contribution is 6.23. The molecule has 6 heteroatoms. The van der Waals surface area contributed by atoms with Crippen molar-refractivity contribution in [3.05, 3.63) is 0 Å². The first-order valence-electron chi connectivity index (χ1n) is 3.19. The zero-order valence-corrected chi connectivity index (χ0v) is 7.23. The Kier molecular flexibility index (Phi) is 3.00. The van der Waals surface area contributed by atoms with Gasteiger partial charge in [0.25, 0.3) is 0 Å². The van der Waals surface area contributed by atoms with Crippen LogP contribution in [0.25, 0.3) is 0 Å². The van der Waals surface area contributed by atoms with Gasteiger partial charge < -0.3 is 0 Å². The first-order chi connectivity index (χ1) is 5.06. The molecule has 1 atom stereocenters. The fourth-order valence-electron chi connectivity index (χ4n) is 0.543. The number of hydrogen-bond donors (Lipinski definition) is 0. The Balaban J connectivity index is 4.85. The van der Waals surface area contributed by atoms with Gasteiger partial charge >= 0.3 is 11.8 Å². The summed E-state index contributed by atoms with van der Waals surface area (Å²) in [7, 11) is 0. The molecule has 74 valence electrons. The van der Waals surface area contributed by atoms with Crippen molar-refractivity contribution in [1.29, 1.82) is 0 Å². The minimum absolute atomic E-state index is 0.206. The van der Waals surface area contributed by atoms with E-state index >= 15 is 0 Å². The fraction of sp³-hybridized carbons (Fsp3) is 1.00. The summed E-state index contributed by atoms with van der Waals surface area (Å²) in [5.74, 6) is -9.27. The molecule has 0 aliphatic carbocycles. The molecule has 0 saturated carbocycles. The van der Waals surface area contributed by atoms with Crippen LogP contribution in [-0.4, -0.2) is 17.0 Å². The molecule has 0 N–H and O–H groups in total. The van der Waals surface area contributed by atoms with Crippen LogP contribution in [0.1, 0.15) is 20.3 Å². The van der Waals surface area contributed by atoms with Gasteiger partial charge in [-0.2, -0.15) is 17.6 Å². The maximum Gasteiger partial charge on any atom is 0.356 e. The average Bonchev–Trinajstić information content (AvgIpc) is 1.85. The average molecular weight is 211 g/mol. The van der Waals surface area contributed by atoms with E-state index in [0.717, 1.165) is 6.92 Å². The lowest BCUT2D eigenvalue weighted by atomic mass is 10.1. The van der Waals surface area contributed by atoms with E-state index in [2.05, 4.69) is 11.6 Å². The van der Waals surface area contributed by atoms with Gasteiger partial charge in [-0.15, -0.1) is 0 Å². The van der Waals surface area contributed by atoms with Crippen molar-refractivity contribution >= 4 is 11.6 Å². The second-order valence-corrected chi connectivity index (χ2v) is 3.23. The molecule has 0 nitrogen and oxygen atoms in total. The number of halogens is 6. The quantitative estimate of drug-likeness (QED) is 0.493. The highest BCUT2D eigenvalue weighted by Crippen LogP contribution is 2.47. The molecule has 0 aromatic heterocycles. The SMILES string of the molecule is CCC(F)(F)C(F)(F)C(C)(F)Cl. The summed E-state index contributed by atoms with van der Waals surface area (Å²) in [4.78, 5) is 0. The predicted octanol–water partition coefficient (Wildman–Crippen LogP) is 3.59. The van der Waals surface area contributed by atoms with Crippen molar-refractivity contribution in [2.24, 2.45) is 0 Å². The summed E-state index contributed by atoms with van der Waals surface area (Å²) < 4.78 is 62.0. The van der Waals surface area contributed by atoms with E-state index < -0.39 is 23.4 Å². The van der Waals surface area contributed by atoms with Gasteiger partial charge in [-0.3, -0.25) is 0 Å². The molecule has 0 aliphatic heterocycles. The second-order valence-electron chi connectivity index (χ2n) is 2.52. The molecule has 0 rings (SSSR count). The Hall–Kier alpha value is -0.0600. The van der Waals surface area contributed by atoms with Crippen molar-refractivity contribution < 1.29 is 22.0 Å². The summed E-state index contributed by atoms with van der Waals surface area (Å²) in [5.41, 5.74) is 0. The Morgan fingerprint density at radius 2 is 1.42 bits per heavy atom. The lowest BCUT2D eigenvalue weighted by Gasteiger charge is -2.31. The van der Waals surface area contributed by atoms with E-state index in [-0.39, 0.29) is 6.92 Å². The molecule has 0 amide bonds. The predicted molar refractivity (Wildman–Crippen MR) is 35.6 cm³/mol. The number of hydrogen-bond acceptors (Lipinski definition) is 0. The molecule has 0 aliphatic rings. The van der Waals surface area contributed by atoms with E-state index in [0.29, 0.717) is 0 Å². The third kappa shape index (κ3) is 1.81. The van der Waals surface area contributed by atoms with Crippen molar-refractivity contribution in [2.75, 3.05) is 0 Å². The molecule has 0 aromatic carbocycles.